The van der Waals surface area contributed by atoms with Crippen LogP contribution in [-0.4, -0.2) is 11.1 Å². The van der Waals surface area contributed by atoms with Crippen molar-refractivity contribution in [3.8, 4) is 0 Å². The van der Waals surface area contributed by atoms with Gasteiger partial charge < -0.3 is 5.11 Å². The highest BCUT2D eigenvalue weighted by Crippen LogP contribution is 2.37. The Kier molecular flexibility index (Phi) is 3.64. The minimum atomic E-state index is -0.698. The lowest BCUT2D eigenvalue weighted by atomic mass is 10.1. The van der Waals surface area contributed by atoms with E-state index < -0.39 is 5.97 Å². The Morgan fingerprint density at radius 3 is 2.81 bits per heavy atom. The summed E-state index contributed by atoms with van der Waals surface area (Å²) in [6.45, 7) is 1.78. The van der Waals surface area contributed by atoms with Gasteiger partial charge in [-0.25, -0.2) is 0 Å². The minimum Gasteiger partial charge on any atom is -0.481 e. The maximum Gasteiger partial charge on any atom is 0.306 e. The maximum absolute atomic E-state index is 10.8. The van der Waals surface area contributed by atoms with E-state index in [0.29, 0.717) is 6.42 Å². The van der Waals surface area contributed by atoms with Gasteiger partial charge >= 0.3 is 5.97 Å². The van der Waals surface area contributed by atoms with Crippen molar-refractivity contribution in [1.82, 2.24) is 0 Å². The Bertz CT molecular complexity index is 364. The molecule has 1 saturated carbocycles. The monoisotopic (exact) mass is 238 g/mol. The number of carboxylic acid groups (broad SMARTS) is 1. The normalized spacial score (nSPS) is 18.8. The predicted octanol–water partition coefficient (Wildman–Crippen LogP) is 3.67. The molecule has 2 nitrogen and oxygen atoms in total. The third-order valence-electron chi connectivity index (χ3n) is 3.37. The van der Waals surface area contributed by atoms with Crippen molar-refractivity contribution in [3.63, 3.8) is 0 Å². The molecule has 0 aliphatic heterocycles. The summed E-state index contributed by atoms with van der Waals surface area (Å²) in [5.74, 6) is -0.218. The van der Waals surface area contributed by atoms with Crippen molar-refractivity contribution in [3.05, 3.63) is 21.9 Å². The zero-order chi connectivity index (χ0) is 11.5. The fourth-order valence-electron chi connectivity index (χ4n) is 2.32. The summed E-state index contributed by atoms with van der Waals surface area (Å²) in [6.07, 6.45) is 6.00. The van der Waals surface area contributed by atoms with Gasteiger partial charge in [-0.1, -0.05) is 19.8 Å². The summed E-state index contributed by atoms with van der Waals surface area (Å²) in [5.41, 5.74) is 0. The minimum absolute atomic E-state index is 0.268. The quantitative estimate of drug-likeness (QED) is 0.869. The van der Waals surface area contributed by atoms with Crippen molar-refractivity contribution >= 4 is 17.3 Å². The smallest absolute Gasteiger partial charge is 0.306 e. The number of aliphatic carboxylic acids is 1. The molecule has 3 heteroatoms. The number of hydrogen-bond donors (Lipinski definition) is 1. The highest BCUT2D eigenvalue weighted by atomic mass is 32.1. The molecule has 0 saturated heterocycles. The zero-order valence-corrected chi connectivity index (χ0v) is 10.4. The fourth-order valence-corrected chi connectivity index (χ4v) is 3.63. The molecule has 1 fully saturated rings. The second kappa shape index (κ2) is 5.00. The van der Waals surface area contributed by atoms with Crippen molar-refractivity contribution in [1.29, 1.82) is 0 Å². The molecule has 1 unspecified atom stereocenters. The number of hydrogen-bond acceptors (Lipinski definition) is 2. The molecule has 0 radical (unpaired) electrons. The molecule has 0 spiro atoms. The van der Waals surface area contributed by atoms with E-state index in [0.717, 1.165) is 5.92 Å². The van der Waals surface area contributed by atoms with Crippen molar-refractivity contribution < 1.29 is 9.90 Å². The van der Waals surface area contributed by atoms with Crippen LogP contribution in [0.4, 0.5) is 0 Å². The lowest BCUT2D eigenvalue weighted by Gasteiger charge is -2.05. The molecule has 1 N–H and O–H groups in total. The van der Waals surface area contributed by atoms with E-state index in [4.69, 9.17) is 5.11 Å². The van der Waals surface area contributed by atoms with Crippen LogP contribution in [-0.2, 0) is 11.2 Å². The van der Waals surface area contributed by atoms with Gasteiger partial charge in [-0.2, -0.15) is 0 Å². The van der Waals surface area contributed by atoms with Gasteiger partial charge in [0.1, 0.15) is 0 Å². The Morgan fingerprint density at radius 1 is 1.50 bits per heavy atom. The van der Waals surface area contributed by atoms with Crippen LogP contribution < -0.4 is 0 Å². The van der Waals surface area contributed by atoms with Crippen LogP contribution in [0.3, 0.4) is 0 Å². The molecular formula is C13H18O2S. The third kappa shape index (κ3) is 2.64. The third-order valence-corrected chi connectivity index (χ3v) is 4.64. The highest BCUT2D eigenvalue weighted by Gasteiger charge is 2.19. The second-order valence-corrected chi connectivity index (χ2v) is 5.93. The van der Waals surface area contributed by atoms with E-state index in [1.165, 1.54) is 35.4 Å². The number of carbonyl (C=O) groups is 1. The fraction of sp³-hybridized carbons (Fsp3) is 0.615. The molecule has 1 aromatic rings. The van der Waals surface area contributed by atoms with Crippen molar-refractivity contribution in [2.24, 2.45) is 5.92 Å². The summed E-state index contributed by atoms with van der Waals surface area (Å²) in [4.78, 5) is 13.5. The number of thiophene rings is 1. The molecule has 0 aromatic carbocycles. The summed E-state index contributed by atoms with van der Waals surface area (Å²) < 4.78 is 0. The van der Waals surface area contributed by atoms with E-state index in [-0.39, 0.29) is 5.92 Å². The Labute approximate surface area is 100 Å². The average molecular weight is 238 g/mol. The van der Waals surface area contributed by atoms with Gasteiger partial charge in [0.15, 0.2) is 0 Å². The molecular weight excluding hydrogens is 220 g/mol. The topological polar surface area (TPSA) is 37.3 Å². The van der Waals surface area contributed by atoms with Gasteiger partial charge in [0.05, 0.1) is 5.92 Å². The molecule has 2 rings (SSSR count). The Balaban J connectivity index is 1.99. The molecule has 88 valence electrons. The van der Waals surface area contributed by atoms with E-state index in [2.05, 4.69) is 12.1 Å². The van der Waals surface area contributed by atoms with E-state index in [1.807, 2.05) is 11.3 Å². The molecule has 1 atom stereocenters. The molecule has 1 aliphatic rings. The molecule has 0 amide bonds. The van der Waals surface area contributed by atoms with Gasteiger partial charge in [-0.3, -0.25) is 4.79 Å². The van der Waals surface area contributed by atoms with Crippen LogP contribution in [0.1, 0.15) is 48.3 Å². The standard InChI is InChI=1S/C13H18O2S/c1-9(13(14)15)8-11-6-7-12(16-11)10-4-2-3-5-10/h6-7,9-10H,2-5,8H2,1H3,(H,14,15). The number of carboxylic acids is 1. The summed E-state index contributed by atoms with van der Waals surface area (Å²) in [6, 6.07) is 4.31. The highest BCUT2D eigenvalue weighted by molar-refractivity contribution is 7.12. The number of rotatable bonds is 4. The second-order valence-electron chi connectivity index (χ2n) is 4.73. The van der Waals surface area contributed by atoms with Crippen LogP contribution in [0.25, 0.3) is 0 Å². The van der Waals surface area contributed by atoms with Crippen LogP contribution >= 0.6 is 11.3 Å². The summed E-state index contributed by atoms with van der Waals surface area (Å²) >= 11 is 1.81. The van der Waals surface area contributed by atoms with Gasteiger partial charge in [-0.15, -0.1) is 11.3 Å². The van der Waals surface area contributed by atoms with Gasteiger partial charge in [0.2, 0.25) is 0 Å². The van der Waals surface area contributed by atoms with E-state index >= 15 is 0 Å². The first kappa shape index (κ1) is 11.6. The first-order chi connectivity index (χ1) is 7.66. The largest absolute Gasteiger partial charge is 0.481 e. The molecule has 0 bridgehead atoms. The molecule has 16 heavy (non-hydrogen) atoms. The first-order valence-corrected chi connectivity index (χ1v) is 6.80. The Hall–Kier alpha value is -0.830. The van der Waals surface area contributed by atoms with Crippen LogP contribution in [0, 0.1) is 5.92 Å². The molecule has 1 heterocycles. The Morgan fingerprint density at radius 2 is 2.19 bits per heavy atom. The lowest BCUT2D eigenvalue weighted by molar-refractivity contribution is -0.141. The molecule has 1 aliphatic carbocycles. The SMILES string of the molecule is CC(Cc1ccc(C2CCCC2)s1)C(=O)O. The lowest BCUT2D eigenvalue weighted by Crippen LogP contribution is -2.11. The van der Waals surface area contributed by atoms with Crippen LogP contribution in [0.5, 0.6) is 0 Å². The zero-order valence-electron chi connectivity index (χ0n) is 9.61. The van der Waals surface area contributed by atoms with Crippen LogP contribution in [0.2, 0.25) is 0 Å². The van der Waals surface area contributed by atoms with Gasteiger partial charge in [-0.05, 0) is 37.3 Å². The first-order valence-electron chi connectivity index (χ1n) is 5.98. The summed E-state index contributed by atoms with van der Waals surface area (Å²) in [5, 5.41) is 8.87. The van der Waals surface area contributed by atoms with Gasteiger partial charge in [0, 0.05) is 9.75 Å². The molecule has 1 aromatic heterocycles. The van der Waals surface area contributed by atoms with E-state index in [1.54, 1.807) is 6.92 Å². The predicted molar refractivity (Wildman–Crippen MR) is 66.0 cm³/mol. The van der Waals surface area contributed by atoms with E-state index in [9.17, 15) is 4.79 Å². The van der Waals surface area contributed by atoms with Crippen LogP contribution in [0.15, 0.2) is 12.1 Å². The van der Waals surface area contributed by atoms with Crippen molar-refractivity contribution in [2.75, 3.05) is 0 Å². The maximum atomic E-state index is 10.8. The van der Waals surface area contributed by atoms with Gasteiger partial charge in [0.25, 0.3) is 0 Å². The van der Waals surface area contributed by atoms with Crippen molar-refractivity contribution in [2.45, 2.75) is 44.9 Å². The average Bonchev–Trinajstić information content (AvgIpc) is 2.85. The summed E-state index contributed by atoms with van der Waals surface area (Å²) in [7, 11) is 0.